The van der Waals surface area contributed by atoms with Crippen LogP contribution in [0.1, 0.15) is 37.3 Å². The molecule has 3 rings (SSSR count). The summed E-state index contributed by atoms with van der Waals surface area (Å²) in [6.45, 7) is 6.66. The van der Waals surface area contributed by atoms with Crippen molar-refractivity contribution in [1.82, 2.24) is 8.61 Å². The summed E-state index contributed by atoms with van der Waals surface area (Å²) in [5.74, 6) is 0.377. The van der Waals surface area contributed by atoms with Gasteiger partial charge in [-0.15, -0.1) is 0 Å². The van der Waals surface area contributed by atoms with Gasteiger partial charge in [0.25, 0.3) is 0 Å². The van der Waals surface area contributed by atoms with E-state index in [9.17, 15) is 16.8 Å². The third-order valence-electron chi connectivity index (χ3n) is 5.56. The molecule has 158 valence electrons. The molecule has 1 saturated heterocycles. The van der Waals surface area contributed by atoms with Gasteiger partial charge in [-0.2, -0.15) is 8.61 Å². The van der Waals surface area contributed by atoms with E-state index in [1.165, 1.54) is 8.61 Å². The quantitative estimate of drug-likeness (QED) is 0.697. The summed E-state index contributed by atoms with van der Waals surface area (Å²) in [5, 5.41) is 0. The SMILES string of the molecule is CC[C@H](C)c1ccc(S(=O)(=O)N2CCN(S(=O)(=O)c3ccc(C)cc3)CC2)cc1. The van der Waals surface area contributed by atoms with Crippen LogP contribution in [-0.4, -0.2) is 51.6 Å². The molecule has 1 aliphatic heterocycles. The van der Waals surface area contributed by atoms with Gasteiger partial charge < -0.3 is 0 Å². The number of benzene rings is 2. The Labute approximate surface area is 174 Å². The van der Waals surface area contributed by atoms with Crippen LogP contribution >= 0.6 is 0 Å². The summed E-state index contributed by atoms with van der Waals surface area (Å²) in [7, 11) is -7.26. The molecule has 0 N–H and O–H groups in total. The van der Waals surface area contributed by atoms with Gasteiger partial charge in [-0.25, -0.2) is 16.8 Å². The zero-order valence-corrected chi connectivity index (χ0v) is 18.7. The van der Waals surface area contributed by atoms with Crippen molar-refractivity contribution in [2.24, 2.45) is 0 Å². The smallest absolute Gasteiger partial charge is 0.207 e. The van der Waals surface area contributed by atoms with E-state index in [0.717, 1.165) is 17.5 Å². The van der Waals surface area contributed by atoms with E-state index < -0.39 is 20.0 Å². The molecule has 0 aliphatic carbocycles. The van der Waals surface area contributed by atoms with Gasteiger partial charge >= 0.3 is 0 Å². The minimum atomic E-state index is -3.64. The van der Waals surface area contributed by atoms with Crippen LogP contribution in [0.25, 0.3) is 0 Å². The van der Waals surface area contributed by atoms with Gasteiger partial charge in [0.1, 0.15) is 0 Å². The third kappa shape index (κ3) is 4.55. The van der Waals surface area contributed by atoms with Crippen LogP contribution in [0.15, 0.2) is 58.3 Å². The summed E-state index contributed by atoms with van der Waals surface area (Å²) in [4.78, 5) is 0.486. The Balaban J connectivity index is 1.71. The molecule has 8 heteroatoms. The standard InChI is InChI=1S/C21H28N2O4S2/c1-4-18(3)19-7-11-21(12-8-19)29(26,27)23-15-13-22(14-16-23)28(24,25)20-9-5-17(2)6-10-20/h5-12,18H,4,13-16H2,1-3H3/t18-/m0/s1. The molecule has 0 radical (unpaired) electrons. The number of hydrogen-bond acceptors (Lipinski definition) is 4. The van der Waals surface area contributed by atoms with Gasteiger partial charge in [0, 0.05) is 26.2 Å². The number of sulfonamides is 2. The van der Waals surface area contributed by atoms with Gasteiger partial charge in [-0.1, -0.05) is 43.7 Å². The molecule has 1 fully saturated rings. The maximum Gasteiger partial charge on any atom is 0.243 e. The lowest BCUT2D eigenvalue weighted by atomic mass is 9.99. The molecular formula is C21H28N2O4S2. The zero-order valence-electron chi connectivity index (χ0n) is 17.1. The monoisotopic (exact) mass is 436 g/mol. The predicted octanol–water partition coefficient (Wildman–Crippen LogP) is 3.20. The Hall–Kier alpha value is -1.74. The molecule has 2 aromatic rings. The van der Waals surface area contributed by atoms with E-state index in [1.807, 2.05) is 19.1 Å². The summed E-state index contributed by atoms with van der Waals surface area (Å²) >= 11 is 0. The van der Waals surface area contributed by atoms with E-state index in [4.69, 9.17) is 0 Å². The van der Waals surface area contributed by atoms with Crippen molar-refractivity contribution in [3.63, 3.8) is 0 Å². The zero-order chi connectivity index (χ0) is 21.2. The van der Waals surface area contributed by atoms with Crippen molar-refractivity contribution in [2.75, 3.05) is 26.2 Å². The van der Waals surface area contributed by atoms with Crippen molar-refractivity contribution in [1.29, 1.82) is 0 Å². The summed E-state index contributed by atoms with van der Waals surface area (Å²) in [6, 6.07) is 13.7. The highest BCUT2D eigenvalue weighted by Crippen LogP contribution is 2.24. The molecule has 0 amide bonds. The highest BCUT2D eigenvalue weighted by atomic mass is 32.2. The lowest BCUT2D eigenvalue weighted by Crippen LogP contribution is -2.50. The van der Waals surface area contributed by atoms with Crippen LogP contribution in [0.2, 0.25) is 0 Å². The fourth-order valence-corrected chi connectivity index (χ4v) is 6.21. The predicted molar refractivity (Wildman–Crippen MR) is 114 cm³/mol. The number of aryl methyl sites for hydroxylation is 1. The van der Waals surface area contributed by atoms with Gasteiger partial charge in [0.2, 0.25) is 20.0 Å². The van der Waals surface area contributed by atoms with Gasteiger partial charge in [0.05, 0.1) is 9.79 Å². The molecule has 29 heavy (non-hydrogen) atoms. The van der Waals surface area contributed by atoms with E-state index in [2.05, 4.69) is 13.8 Å². The minimum Gasteiger partial charge on any atom is -0.207 e. The Bertz CT molecular complexity index is 1040. The molecule has 1 atom stereocenters. The normalized spacial score (nSPS) is 17.9. The maximum absolute atomic E-state index is 13.0. The largest absolute Gasteiger partial charge is 0.243 e. The molecule has 0 bridgehead atoms. The first-order chi connectivity index (χ1) is 13.7. The second-order valence-corrected chi connectivity index (χ2v) is 11.4. The highest BCUT2D eigenvalue weighted by molar-refractivity contribution is 7.89. The van der Waals surface area contributed by atoms with Crippen LogP contribution < -0.4 is 0 Å². The Morgan fingerprint density at radius 1 is 0.759 bits per heavy atom. The number of rotatable bonds is 6. The Morgan fingerprint density at radius 3 is 1.52 bits per heavy atom. The van der Waals surface area contributed by atoms with E-state index in [-0.39, 0.29) is 36.0 Å². The van der Waals surface area contributed by atoms with Crippen LogP contribution in [0.3, 0.4) is 0 Å². The van der Waals surface area contributed by atoms with E-state index in [1.54, 1.807) is 36.4 Å². The topological polar surface area (TPSA) is 74.8 Å². The van der Waals surface area contributed by atoms with Crippen molar-refractivity contribution >= 4 is 20.0 Å². The first-order valence-electron chi connectivity index (χ1n) is 9.83. The summed E-state index contributed by atoms with van der Waals surface area (Å²) in [6.07, 6.45) is 0.990. The molecule has 1 heterocycles. The Morgan fingerprint density at radius 2 is 1.14 bits per heavy atom. The van der Waals surface area contributed by atoms with Gasteiger partial charge in [0.15, 0.2) is 0 Å². The molecular weight excluding hydrogens is 408 g/mol. The number of nitrogens with zero attached hydrogens (tertiary/aromatic N) is 2. The van der Waals surface area contributed by atoms with Crippen molar-refractivity contribution in [3.05, 3.63) is 59.7 Å². The second kappa shape index (κ2) is 8.55. The maximum atomic E-state index is 13.0. The molecule has 1 aliphatic rings. The van der Waals surface area contributed by atoms with Crippen molar-refractivity contribution in [3.8, 4) is 0 Å². The number of piperazine rings is 1. The van der Waals surface area contributed by atoms with E-state index in [0.29, 0.717) is 5.92 Å². The fraction of sp³-hybridized carbons (Fsp3) is 0.429. The average molecular weight is 437 g/mol. The summed E-state index contributed by atoms with van der Waals surface area (Å²) in [5.41, 5.74) is 2.10. The second-order valence-electron chi connectivity index (χ2n) is 7.50. The van der Waals surface area contributed by atoms with Gasteiger partial charge in [-0.05, 0) is 49.1 Å². The molecule has 0 saturated carbocycles. The molecule has 2 aromatic carbocycles. The highest BCUT2D eigenvalue weighted by Gasteiger charge is 2.33. The summed E-state index contributed by atoms with van der Waals surface area (Å²) < 4.78 is 54.3. The molecule has 6 nitrogen and oxygen atoms in total. The molecule has 0 spiro atoms. The van der Waals surface area contributed by atoms with Crippen LogP contribution in [0.5, 0.6) is 0 Å². The molecule has 0 unspecified atom stereocenters. The first kappa shape index (κ1) is 22.0. The first-order valence-corrected chi connectivity index (χ1v) is 12.7. The average Bonchev–Trinajstić information content (AvgIpc) is 2.73. The fourth-order valence-electron chi connectivity index (χ4n) is 3.36. The lowest BCUT2D eigenvalue weighted by molar-refractivity contribution is 0.273. The van der Waals surface area contributed by atoms with E-state index >= 15 is 0 Å². The molecule has 0 aromatic heterocycles. The third-order valence-corrected chi connectivity index (χ3v) is 9.38. The van der Waals surface area contributed by atoms with Crippen molar-refractivity contribution in [2.45, 2.75) is 42.9 Å². The van der Waals surface area contributed by atoms with Crippen LogP contribution in [0, 0.1) is 6.92 Å². The number of hydrogen-bond donors (Lipinski definition) is 0. The van der Waals surface area contributed by atoms with Crippen LogP contribution in [-0.2, 0) is 20.0 Å². The van der Waals surface area contributed by atoms with Crippen LogP contribution in [0.4, 0.5) is 0 Å². The Kier molecular flexibility index (Phi) is 6.48. The minimum absolute atomic E-state index is 0.139. The lowest BCUT2D eigenvalue weighted by Gasteiger charge is -2.33. The van der Waals surface area contributed by atoms with Gasteiger partial charge in [-0.3, -0.25) is 0 Å². The van der Waals surface area contributed by atoms with Crippen molar-refractivity contribution < 1.29 is 16.8 Å².